The minimum absolute atomic E-state index is 0.00292. The van der Waals surface area contributed by atoms with Crippen molar-refractivity contribution in [2.75, 3.05) is 13.1 Å². The number of likely N-dealkylation sites (tertiary alicyclic amines) is 1. The molecule has 2 unspecified atom stereocenters. The molecule has 2 atom stereocenters. The second-order valence-electron chi connectivity index (χ2n) is 4.38. The Morgan fingerprint density at radius 3 is 2.94 bits per heavy atom. The van der Waals surface area contributed by atoms with Crippen LogP contribution in [0.2, 0.25) is 0 Å². The van der Waals surface area contributed by atoms with Crippen LogP contribution in [-0.2, 0) is 7.05 Å². The molecule has 1 N–H and O–H groups in total. The number of aliphatic hydroxyl groups is 1. The quantitative estimate of drug-likeness (QED) is 0.782. The summed E-state index contributed by atoms with van der Waals surface area (Å²) in [6.07, 6.45) is 2.15. The van der Waals surface area contributed by atoms with Crippen molar-refractivity contribution in [3.63, 3.8) is 0 Å². The summed E-state index contributed by atoms with van der Waals surface area (Å²) in [5, 5.41) is 13.5. The van der Waals surface area contributed by atoms with E-state index in [1.807, 2.05) is 0 Å². The Morgan fingerprint density at radius 2 is 2.44 bits per heavy atom. The smallest absolute Gasteiger partial charge is 0.272 e. The van der Waals surface area contributed by atoms with Gasteiger partial charge in [0.2, 0.25) is 0 Å². The van der Waals surface area contributed by atoms with E-state index in [2.05, 4.69) is 5.10 Å². The maximum absolute atomic E-state index is 12.1. The maximum atomic E-state index is 12.1. The van der Waals surface area contributed by atoms with Gasteiger partial charge in [-0.3, -0.25) is 9.48 Å². The summed E-state index contributed by atoms with van der Waals surface area (Å²) < 4.78 is 1.58. The topological polar surface area (TPSA) is 58.4 Å². The Labute approximate surface area is 94.7 Å². The molecule has 2 heterocycles. The molecule has 5 heteroatoms. The first kappa shape index (κ1) is 11.1. The molecule has 0 aromatic carbocycles. The number of aliphatic hydroxyl groups excluding tert-OH is 1. The van der Waals surface area contributed by atoms with Gasteiger partial charge < -0.3 is 10.0 Å². The van der Waals surface area contributed by atoms with Crippen LogP contribution < -0.4 is 0 Å². The minimum atomic E-state index is -0.343. The molecular weight excluding hydrogens is 206 g/mol. The molecule has 1 amide bonds. The SMILES string of the molecule is CC(O)C1CCN(C(=O)c2ccnn2C)C1. The number of rotatable bonds is 2. The van der Waals surface area contributed by atoms with E-state index >= 15 is 0 Å². The molecule has 88 valence electrons. The summed E-state index contributed by atoms with van der Waals surface area (Å²) in [4.78, 5) is 13.9. The van der Waals surface area contributed by atoms with Crippen LogP contribution in [0.1, 0.15) is 23.8 Å². The summed E-state index contributed by atoms with van der Waals surface area (Å²) in [6, 6.07) is 1.72. The lowest BCUT2D eigenvalue weighted by Crippen LogP contribution is -2.31. The monoisotopic (exact) mass is 223 g/mol. The molecule has 1 aliphatic heterocycles. The molecule has 0 aliphatic carbocycles. The average Bonchev–Trinajstić information content (AvgIpc) is 2.84. The van der Waals surface area contributed by atoms with E-state index in [1.54, 1.807) is 35.8 Å². The van der Waals surface area contributed by atoms with Crippen molar-refractivity contribution in [3.05, 3.63) is 18.0 Å². The molecule has 2 rings (SSSR count). The highest BCUT2D eigenvalue weighted by Gasteiger charge is 2.30. The minimum Gasteiger partial charge on any atom is -0.393 e. The fourth-order valence-corrected chi connectivity index (χ4v) is 2.11. The van der Waals surface area contributed by atoms with Gasteiger partial charge >= 0.3 is 0 Å². The van der Waals surface area contributed by atoms with Crippen LogP contribution in [-0.4, -0.2) is 44.9 Å². The van der Waals surface area contributed by atoms with Crippen molar-refractivity contribution in [3.8, 4) is 0 Å². The second kappa shape index (κ2) is 4.25. The Balaban J connectivity index is 2.05. The average molecular weight is 223 g/mol. The van der Waals surface area contributed by atoms with Crippen molar-refractivity contribution in [2.24, 2.45) is 13.0 Å². The normalized spacial score (nSPS) is 22.4. The molecule has 1 fully saturated rings. The zero-order chi connectivity index (χ0) is 11.7. The first-order valence-electron chi connectivity index (χ1n) is 5.55. The predicted molar refractivity (Wildman–Crippen MR) is 58.9 cm³/mol. The van der Waals surface area contributed by atoms with Gasteiger partial charge in [-0.25, -0.2) is 0 Å². The summed E-state index contributed by atoms with van der Waals surface area (Å²) in [6.45, 7) is 3.14. The van der Waals surface area contributed by atoms with E-state index in [0.717, 1.165) is 13.0 Å². The lowest BCUT2D eigenvalue weighted by molar-refractivity contribution is 0.0752. The van der Waals surface area contributed by atoms with Crippen LogP contribution in [0.15, 0.2) is 12.3 Å². The van der Waals surface area contributed by atoms with Crippen LogP contribution in [0, 0.1) is 5.92 Å². The number of hydrogen-bond acceptors (Lipinski definition) is 3. The van der Waals surface area contributed by atoms with Gasteiger partial charge in [-0.2, -0.15) is 5.10 Å². The van der Waals surface area contributed by atoms with E-state index in [9.17, 15) is 9.90 Å². The number of aromatic nitrogens is 2. The lowest BCUT2D eigenvalue weighted by atomic mass is 10.0. The summed E-state index contributed by atoms with van der Waals surface area (Å²) in [7, 11) is 1.76. The maximum Gasteiger partial charge on any atom is 0.272 e. The first-order valence-corrected chi connectivity index (χ1v) is 5.55. The lowest BCUT2D eigenvalue weighted by Gasteiger charge is -2.17. The van der Waals surface area contributed by atoms with Gasteiger partial charge in [0.1, 0.15) is 5.69 Å². The predicted octanol–water partition coefficient (Wildman–Crippen LogP) is 0.263. The number of carbonyl (C=O) groups excluding carboxylic acids is 1. The molecule has 5 nitrogen and oxygen atoms in total. The zero-order valence-electron chi connectivity index (χ0n) is 9.63. The largest absolute Gasteiger partial charge is 0.393 e. The van der Waals surface area contributed by atoms with Gasteiger partial charge in [-0.1, -0.05) is 0 Å². The second-order valence-corrected chi connectivity index (χ2v) is 4.38. The van der Waals surface area contributed by atoms with E-state index in [4.69, 9.17) is 0 Å². The molecule has 0 spiro atoms. The number of nitrogens with zero attached hydrogens (tertiary/aromatic N) is 3. The van der Waals surface area contributed by atoms with Crippen LogP contribution >= 0.6 is 0 Å². The third-order valence-corrected chi connectivity index (χ3v) is 3.23. The van der Waals surface area contributed by atoms with E-state index in [1.165, 1.54) is 0 Å². The molecule has 0 bridgehead atoms. The first-order chi connectivity index (χ1) is 7.59. The Hall–Kier alpha value is -1.36. The van der Waals surface area contributed by atoms with Crippen molar-refractivity contribution < 1.29 is 9.90 Å². The molecule has 1 aromatic rings. The fraction of sp³-hybridized carbons (Fsp3) is 0.636. The number of hydrogen-bond donors (Lipinski definition) is 1. The zero-order valence-corrected chi connectivity index (χ0v) is 9.63. The van der Waals surface area contributed by atoms with Crippen molar-refractivity contribution in [2.45, 2.75) is 19.4 Å². The highest BCUT2D eigenvalue weighted by Crippen LogP contribution is 2.21. The number of aryl methyl sites for hydroxylation is 1. The number of amides is 1. The van der Waals surface area contributed by atoms with Gasteiger partial charge in [-0.15, -0.1) is 0 Å². The molecular formula is C11H17N3O2. The van der Waals surface area contributed by atoms with Crippen LogP contribution in [0.5, 0.6) is 0 Å². The summed E-state index contributed by atoms with van der Waals surface area (Å²) in [5.74, 6) is 0.209. The van der Waals surface area contributed by atoms with Gasteiger partial charge in [0.05, 0.1) is 6.10 Å². The Kier molecular flexibility index (Phi) is 2.96. The number of carbonyl (C=O) groups is 1. The van der Waals surface area contributed by atoms with Crippen molar-refractivity contribution >= 4 is 5.91 Å². The molecule has 16 heavy (non-hydrogen) atoms. The fourth-order valence-electron chi connectivity index (χ4n) is 2.11. The molecule has 1 aromatic heterocycles. The van der Waals surface area contributed by atoms with E-state index in [0.29, 0.717) is 12.2 Å². The van der Waals surface area contributed by atoms with Gasteiger partial charge in [-0.05, 0) is 19.4 Å². The van der Waals surface area contributed by atoms with Gasteiger partial charge in [0.25, 0.3) is 5.91 Å². The Bertz CT molecular complexity index is 386. The third kappa shape index (κ3) is 1.95. The van der Waals surface area contributed by atoms with E-state index in [-0.39, 0.29) is 17.9 Å². The Morgan fingerprint density at radius 1 is 1.69 bits per heavy atom. The summed E-state index contributed by atoms with van der Waals surface area (Å²) >= 11 is 0. The highest BCUT2D eigenvalue weighted by atomic mass is 16.3. The molecule has 1 aliphatic rings. The van der Waals surface area contributed by atoms with Crippen molar-refractivity contribution in [1.29, 1.82) is 0 Å². The van der Waals surface area contributed by atoms with E-state index < -0.39 is 0 Å². The van der Waals surface area contributed by atoms with Crippen LogP contribution in [0.3, 0.4) is 0 Å². The van der Waals surface area contributed by atoms with Crippen LogP contribution in [0.25, 0.3) is 0 Å². The molecule has 1 saturated heterocycles. The highest BCUT2D eigenvalue weighted by molar-refractivity contribution is 5.92. The standard InChI is InChI=1S/C11H17N3O2/c1-8(15)9-4-6-14(7-9)11(16)10-3-5-12-13(10)2/h3,5,8-9,15H,4,6-7H2,1-2H3. The summed E-state index contributed by atoms with van der Waals surface area (Å²) in [5.41, 5.74) is 0.603. The van der Waals surface area contributed by atoms with Crippen LogP contribution in [0.4, 0.5) is 0 Å². The molecule has 0 saturated carbocycles. The van der Waals surface area contributed by atoms with Gasteiger partial charge in [0, 0.05) is 32.3 Å². The third-order valence-electron chi connectivity index (χ3n) is 3.23. The van der Waals surface area contributed by atoms with Crippen molar-refractivity contribution in [1.82, 2.24) is 14.7 Å². The molecule has 0 radical (unpaired) electrons. The van der Waals surface area contributed by atoms with Gasteiger partial charge in [0.15, 0.2) is 0 Å².